The summed E-state index contributed by atoms with van der Waals surface area (Å²) < 4.78 is 0. The van der Waals surface area contributed by atoms with E-state index in [2.05, 4.69) is 22.1 Å². The summed E-state index contributed by atoms with van der Waals surface area (Å²) in [5.74, 6) is 6.08. The number of hydrogen-bond acceptors (Lipinski definition) is 4. The van der Waals surface area contributed by atoms with Gasteiger partial charge in [-0.3, -0.25) is 4.79 Å². The number of aliphatic hydroxyl groups excluding tert-OH is 1. The van der Waals surface area contributed by atoms with Crippen LogP contribution in [0.5, 0.6) is 0 Å². The van der Waals surface area contributed by atoms with Gasteiger partial charge in [-0.15, -0.1) is 11.3 Å². The van der Waals surface area contributed by atoms with Gasteiger partial charge in [-0.1, -0.05) is 17.9 Å². The molecular weight excluding hydrogens is 272 g/mol. The average Bonchev–Trinajstić information content (AvgIpc) is 2.88. The number of aliphatic hydroxyl groups is 1. The fourth-order valence-electron chi connectivity index (χ4n) is 1.52. The number of hydrogen-bond donors (Lipinski definition) is 2. The van der Waals surface area contributed by atoms with E-state index in [1.807, 2.05) is 19.1 Å². The molecule has 0 unspecified atom stereocenters. The van der Waals surface area contributed by atoms with Gasteiger partial charge < -0.3 is 10.4 Å². The lowest BCUT2D eigenvalue weighted by atomic mass is 10.3. The summed E-state index contributed by atoms with van der Waals surface area (Å²) >= 11 is 1.32. The molecular formula is C15H14N2O2S. The lowest BCUT2D eigenvalue weighted by Crippen LogP contribution is -2.11. The average molecular weight is 286 g/mol. The zero-order chi connectivity index (χ0) is 14.4. The number of rotatable bonds is 3. The van der Waals surface area contributed by atoms with Crippen molar-refractivity contribution in [2.24, 2.45) is 0 Å². The maximum atomic E-state index is 12.0. The Labute approximate surface area is 121 Å². The van der Waals surface area contributed by atoms with Gasteiger partial charge in [-0.25, -0.2) is 4.98 Å². The topological polar surface area (TPSA) is 62.2 Å². The number of anilines is 1. The molecule has 2 N–H and O–H groups in total. The van der Waals surface area contributed by atoms with Gasteiger partial charge >= 0.3 is 0 Å². The summed E-state index contributed by atoms with van der Waals surface area (Å²) in [4.78, 5) is 17.7. The van der Waals surface area contributed by atoms with Crippen LogP contribution >= 0.6 is 11.3 Å². The first kappa shape index (κ1) is 14.3. The molecule has 0 aliphatic rings. The Morgan fingerprint density at radius 2 is 2.25 bits per heavy atom. The van der Waals surface area contributed by atoms with E-state index in [1.54, 1.807) is 18.2 Å². The van der Waals surface area contributed by atoms with Crippen molar-refractivity contribution in [1.82, 2.24) is 4.98 Å². The van der Waals surface area contributed by atoms with Crippen molar-refractivity contribution >= 4 is 23.1 Å². The second kappa shape index (κ2) is 6.85. The van der Waals surface area contributed by atoms with Crippen molar-refractivity contribution in [2.75, 3.05) is 11.9 Å². The van der Waals surface area contributed by atoms with Crippen LogP contribution in [0.2, 0.25) is 0 Å². The predicted octanol–water partition coefficient (Wildman–Crippen LogP) is 2.44. The smallest absolute Gasteiger partial charge is 0.266 e. The van der Waals surface area contributed by atoms with Gasteiger partial charge in [-0.2, -0.15) is 0 Å². The Bertz CT molecular complexity index is 668. The van der Waals surface area contributed by atoms with Gasteiger partial charge in [0.2, 0.25) is 0 Å². The second-order valence-corrected chi connectivity index (χ2v) is 5.14. The molecule has 0 radical (unpaired) electrons. The van der Waals surface area contributed by atoms with Crippen LogP contribution in [0.3, 0.4) is 0 Å². The minimum Gasteiger partial charge on any atom is -0.395 e. The van der Waals surface area contributed by atoms with Crippen LogP contribution in [0.25, 0.3) is 0 Å². The molecule has 0 atom stereocenters. The third-order valence-electron chi connectivity index (χ3n) is 2.41. The molecule has 0 aromatic carbocycles. The number of carbonyl (C=O) groups excluding carboxylic acids is 1. The molecule has 4 nitrogen and oxygen atoms in total. The van der Waals surface area contributed by atoms with Crippen molar-refractivity contribution < 1.29 is 9.90 Å². The molecule has 2 aromatic rings. The summed E-state index contributed by atoms with van der Waals surface area (Å²) in [6.07, 6.45) is 0.437. The highest BCUT2D eigenvalue weighted by Crippen LogP contribution is 2.17. The fraction of sp³-hybridized carbons (Fsp3) is 0.200. The van der Waals surface area contributed by atoms with Gasteiger partial charge in [0.05, 0.1) is 16.4 Å². The lowest BCUT2D eigenvalue weighted by Gasteiger charge is -2.02. The van der Waals surface area contributed by atoms with E-state index in [1.165, 1.54) is 11.3 Å². The Hall–Kier alpha value is -2.16. The third-order valence-corrected chi connectivity index (χ3v) is 3.41. The van der Waals surface area contributed by atoms with Gasteiger partial charge in [0.15, 0.2) is 0 Å². The number of nitrogens with zero attached hydrogens (tertiary/aromatic N) is 1. The number of thiophene rings is 1. The Balaban J connectivity index is 2.05. The van der Waals surface area contributed by atoms with Crippen LogP contribution in [0.4, 0.5) is 5.82 Å². The second-order valence-electron chi connectivity index (χ2n) is 4.06. The summed E-state index contributed by atoms with van der Waals surface area (Å²) in [6.45, 7) is 1.92. The van der Waals surface area contributed by atoms with E-state index >= 15 is 0 Å². The zero-order valence-electron chi connectivity index (χ0n) is 11.0. The molecule has 0 fully saturated rings. The minimum atomic E-state index is -0.191. The molecule has 20 heavy (non-hydrogen) atoms. The van der Waals surface area contributed by atoms with Crippen LogP contribution < -0.4 is 5.32 Å². The van der Waals surface area contributed by atoms with Crippen molar-refractivity contribution in [3.63, 3.8) is 0 Å². The van der Waals surface area contributed by atoms with E-state index in [0.29, 0.717) is 17.1 Å². The minimum absolute atomic E-state index is 0.0464. The first-order chi connectivity index (χ1) is 9.69. The predicted molar refractivity (Wildman–Crippen MR) is 79.8 cm³/mol. The summed E-state index contributed by atoms with van der Waals surface area (Å²) in [5.41, 5.74) is 0.851. The van der Waals surface area contributed by atoms with Gasteiger partial charge in [-0.05, 0) is 31.2 Å². The molecule has 0 saturated heterocycles. The molecule has 0 bridgehead atoms. The van der Waals surface area contributed by atoms with Crippen LogP contribution in [0, 0.1) is 18.8 Å². The van der Waals surface area contributed by atoms with Crippen molar-refractivity contribution in [3.05, 3.63) is 45.8 Å². The molecule has 2 rings (SSSR count). The van der Waals surface area contributed by atoms with Crippen molar-refractivity contribution in [1.29, 1.82) is 0 Å². The van der Waals surface area contributed by atoms with Crippen LogP contribution in [-0.4, -0.2) is 22.6 Å². The summed E-state index contributed by atoms with van der Waals surface area (Å²) in [7, 11) is 0. The number of aryl methyl sites for hydroxylation is 1. The molecule has 2 aromatic heterocycles. The Kier molecular flexibility index (Phi) is 4.88. The number of carbonyl (C=O) groups is 1. The van der Waals surface area contributed by atoms with Crippen LogP contribution in [0.1, 0.15) is 26.7 Å². The van der Waals surface area contributed by atoms with Crippen molar-refractivity contribution in [2.45, 2.75) is 13.3 Å². The number of pyridine rings is 1. The first-order valence-electron chi connectivity index (χ1n) is 6.13. The van der Waals surface area contributed by atoms with Crippen molar-refractivity contribution in [3.8, 4) is 11.8 Å². The third kappa shape index (κ3) is 3.92. The monoisotopic (exact) mass is 286 g/mol. The number of amides is 1. The highest BCUT2D eigenvalue weighted by atomic mass is 32.1. The van der Waals surface area contributed by atoms with Gasteiger partial charge in [0.25, 0.3) is 5.91 Å². The number of nitrogens with one attached hydrogen (secondary N) is 1. The molecule has 0 aliphatic carbocycles. The highest BCUT2D eigenvalue weighted by molar-refractivity contribution is 7.14. The van der Waals surface area contributed by atoms with Gasteiger partial charge in [0, 0.05) is 12.1 Å². The largest absolute Gasteiger partial charge is 0.395 e. The first-order valence-corrected chi connectivity index (χ1v) is 6.95. The maximum absolute atomic E-state index is 12.0. The Morgan fingerprint density at radius 3 is 3.00 bits per heavy atom. The van der Waals surface area contributed by atoms with E-state index in [0.717, 1.165) is 10.6 Å². The molecule has 0 aliphatic heterocycles. The standard InChI is InChI=1S/C15H14N2O2S/c1-11-5-4-7-14(16-11)17-15(19)13-9-8-12(20-13)6-2-3-10-18/h4-5,7-9,18H,3,10H2,1H3,(H,16,17,19). The molecule has 0 spiro atoms. The molecule has 0 saturated carbocycles. The van der Waals surface area contributed by atoms with E-state index in [4.69, 9.17) is 5.11 Å². The summed E-state index contributed by atoms with van der Waals surface area (Å²) in [5, 5.41) is 11.4. The van der Waals surface area contributed by atoms with E-state index < -0.39 is 0 Å². The molecule has 2 heterocycles. The highest BCUT2D eigenvalue weighted by Gasteiger charge is 2.09. The lowest BCUT2D eigenvalue weighted by molar-refractivity contribution is 0.103. The van der Waals surface area contributed by atoms with Gasteiger partial charge in [0.1, 0.15) is 5.82 Å². The number of aromatic nitrogens is 1. The van der Waals surface area contributed by atoms with Crippen LogP contribution in [0.15, 0.2) is 30.3 Å². The van der Waals surface area contributed by atoms with Crippen LogP contribution in [-0.2, 0) is 0 Å². The summed E-state index contributed by atoms with van der Waals surface area (Å²) in [6, 6.07) is 9.00. The zero-order valence-corrected chi connectivity index (χ0v) is 11.8. The van der Waals surface area contributed by atoms with E-state index in [9.17, 15) is 4.79 Å². The molecule has 5 heteroatoms. The normalized spacial score (nSPS) is 9.70. The SMILES string of the molecule is Cc1cccc(NC(=O)c2ccc(C#CCCO)s2)n1. The molecule has 102 valence electrons. The maximum Gasteiger partial charge on any atom is 0.266 e. The quantitative estimate of drug-likeness (QED) is 0.852. The molecule has 1 amide bonds. The fourth-order valence-corrected chi connectivity index (χ4v) is 2.30. The van der Waals surface area contributed by atoms with E-state index in [-0.39, 0.29) is 12.5 Å². The Morgan fingerprint density at radius 1 is 1.40 bits per heavy atom.